The van der Waals surface area contributed by atoms with Crippen LogP contribution in [0.15, 0.2) is 54.6 Å². The van der Waals surface area contributed by atoms with Crippen molar-refractivity contribution < 1.29 is 9.59 Å². The summed E-state index contributed by atoms with van der Waals surface area (Å²) >= 11 is 0. The van der Waals surface area contributed by atoms with Crippen molar-refractivity contribution in [1.29, 1.82) is 0 Å². The molecule has 6 nitrogen and oxygen atoms in total. The van der Waals surface area contributed by atoms with Crippen LogP contribution in [0.2, 0.25) is 0 Å². The zero-order valence-corrected chi connectivity index (χ0v) is 20.1. The standard InChI is InChI=1S/C27H34N4O2/c1-5-7-16-30(27(33)11-6-2)19-26(32)28-25-18-23(22-12-9-8-10-13-22)29-31(25)24-15-14-20(3)17-21(24)4/h8-10,12-15,17-18H,5-7,11,16,19H2,1-4H3,(H,28,32). The molecule has 6 heteroatoms. The van der Waals surface area contributed by atoms with Gasteiger partial charge in [-0.05, 0) is 38.3 Å². The Hall–Kier alpha value is -3.41. The van der Waals surface area contributed by atoms with Gasteiger partial charge in [-0.2, -0.15) is 5.10 Å². The highest BCUT2D eigenvalue weighted by molar-refractivity contribution is 5.94. The van der Waals surface area contributed by atoms with Crippen LogP contribution in [0.4, 0.5) is 5.82 Å². The van der Waals surface area contributed by atoms with Crippen LogP contribution in [0, 0.1) is 13.8 Å². The van der Waals surface area contributed by atoms with Crippen LogP contribution in [0.3, 0.4) is 0 Å². The maximum atomic E-state index is 13.0. The first-order valence-corrected chi connectivity index (χ1v) is 11.7. The molecule has 3 rings (SSSR count). The molecule has 0 aliphatic carbocycles. The van der Waals surface area contributed by atoms with Gasteiger partial charge in [-0.3, -0.25) is 9.59 Å². The minimum absolute atomic E-state index is 0.0222. The lowest BCUT2D eigenvalue weighted by Gasteiger charge is -2.22. The van der Waals surface area contributed by atoms with Gasteiger partial charge < -0.3 is 10.2 Å². The Morgan fingerprint density at radius 3 is 2.42 bits per heavy atom. The van der Waals surface area contributed by atoms with Crippen molar-refractivity contribution in [2.45, 2.75) is 53.4 Å². The number of nitrogens with zero attached hydrogens (tertiary/aromatic N) is 3. The van der Waals surface area contributed by atoms with Gasteiger partial charge in [0.2, 0.25) is 11.8 Å². The Labute approximate surface area is 196 Å². The predicted molar refractivity (Wildman–Crippen MR) is 133 cm³/mol. The number of benzene rings is 2. The van der Waals surface area contributed by atoms with Crippen LogP contribution < -0.4 is 5.32 Å². The van der Waals surface area contributed by atoms with Crippen molar-refractivity contribution in [2.75, 3.05) is 18.4 Å². The van der Waals surface area contributed by atoms with Gasteiger partial charge in [0, 0.05) is 24.6 Å². The average molecular weight is 447 g/mol. The summed E-state index contributed by atoms with van der Waals surface area (Å²) in [5.41, 5.74) is 4.88. The molecule has 0 bridgehead atoms. The molecule has 1 aromatic heterocycles. The second-order valence-corrected chi connectivity index (χ2v) is 8.45. The Kier molecular flexibility index (Phi) is 8.41. The highest BCUT2D eigenvalue weighted by Crippen LogP contribution is 2.26. The Morgan fingerprint density at radius 2 is 1.76 bits per heavy atom. The van der Waals surface area contributed by atoms with E-state index < -0.39 is 0 Å². The van der Waals surface area contributed by atoms with E-state index in [0.717, 1.165) is 41.8 Å². The molecule has 174 valence electrons. The summed E-state index contributed by atoms with van der Waals surface area (Å²) in [6.07, 6.45) is 3.07. The summed E-state index contributed by atoms with van der Waals surface area (Å²) in [6.45, 7) is 8.77. The minimum Gasteiger partial charge on any atom is -0.333 e. The van der Waals surface area contributed by atoms with E-state index >= 15 is 0 Å². The maximum Gasteiger partial charge on any atom is 0.245 e. The van der Waals surface area contributed by atoms with E-state index in [9.17, 15) is 9.59 Å². The molecule has 33 heavy (non-hydrogen) atoms. The molecule has 1 N–H and O–H groups in total. The number of carbonyl (C=O) groups excluding carboxylic acids is 2. The van der Waals surface area contributed by atoms with E-state index in [1.807, 2.05) is 62.4 Å². The van der Waals surface area contributed by atoms with E-state index in [0.29, 0.717) is 18.8 Å². The first-order valence-electron chi connectivity index (χ1n) is 11.7. The molecule has 0 spiro atoms. The fourth-order valence-electron chi connectivity index (χ4n) is 3.82. The molecule has 0 unspecified atom stereocenters. The third kappa shape index (κ3) is 6.31. The SMILES string of the molecule is CCCCN(CC(=O)Nc1cc(-c2ccccc2)nn1-c1ccc(C)cc1C)C(=O)CCC. The average Bonchev–Trinajstić information content (AvgIpc) is 3.20. The summed E-state index contributed by atoms with van der Waals surface area (Å²) in [5, 5.41) is 7.82. The third-order valence-corrected chi connectivity index (χ3v) is 5.56. The smallest absolute Gasteiger partial charge is 0.245 e. The first kappa shape index (κ1) is 24.2. The molecule has 0 saturated carbocycles. The van der Waals surface area contributed by atoms with Crippen molar-refractivity contribution in [3.05, 3.63) is 65.7 Å². The number of anilines is 1. The van der Waals surface area contributed by atoms with Gasteiger partial charge in [0.05, 0.1) is 17.9 Å². The van der Waals surface area contributed by atoms with Crippen molar-refractivity contribution >= 4 is 17.6 Å². The summed E-state index contributed by atoms with van der Waals surface area (Å²) in [6, 6.07) is 17.9. The van der Waals surface area contributed by atoms with E-state index in [4.69, 9.17) is 5.10 Å². The highest BCUT2D eigenvalue weighted by atomic mass is 16.2. The van der Waals surface area contributed by atoms with Crippen molar-refractivity contribution in [1.82, 2.24) is 14.7 Å². The second kappa shape index (κ2) is 11.5. The van der Waals surface area contributed by atoms with Crippen molar-refractivity contribution in [2.24, 2.45) is 0 Å². The summed E-state index contributed by atoms with van der Waals surface area (Å²) in [7, 11) is 0. The van der Waals surface area contributed by atoms with Crippen molar-refractivity contribution in [3.63, 3.8) is 0 Å². The summed E-state index contributed by atoms with van der Waals surface area (Å²) in [4.78, 5) is 27.2. The number of rotatable bonds is 10. The van der Waals surface area contributed by atoms with Crippen LogP contribution >= 0.6 is 0 Å². The minimum atomic E-state index is -0.221. The van der Waals surface area contributed by atoms with Gasteiger partial charge in [-0.15, -0.1) is 0 Å². The molecule has 0 saturated heterocycles. The van der Waals surface area contributed by atoms with E-state index in [-0.39, 0.29) is 18.4 Å². The Balaban J connectivity index is 1.91. The van der Waals surface area contributed by atoms with Crippen LogP contribution in [0.25, 0.3) is 16.9 Å². The predicted octanol–water partition coefficient (Wildman–Crippen LogP) is 5.52. The van der Waals surface area contributed by atoms with Crippen LogP contribution in [0.5, 0.6) is 0 Å². The molecular weight excluding hydrogens is 412 g/mol. The van der Waals surface area contributed by atoms with E-state index in [2.05, 4.69) is 25.2 Å². The molecule has 2 aromatic carbocycles. The van der Waals surface area contributed by atoms with Crippen LogP contribution in [-0.4, -0.2) is 39.6 Å². The number of carbonyl (C=O) groups is 2. The molecule has 0 aliphatic heterocycles. The number of aryl methyl sites for hydroxylation is 2. The molecule has 2 amide bonds. The normalized spacial score (nSPS) is 10.8. The quantitative estimate of drug-likeness (QED) is 0.446. The zero-order valence-electron chi connectivity index (χ0n) is 20.1. The lowest BCUT2D eigenvalue weighted by molar-refractivity contribution is -0.134. The number of unbranched alkanes of at least 4 members (excludes halogenated alkanes) is 1. The van der Waals surface area contributed by atoms with E-state index in [1.54, 1.807) is 9.58 Å². The fraction of sp³-hybridized carbons (Fsp3) is 0.370. The van der Waals surface area contributed by atoms with E-state index in [1.165, 1.54) is 5.56 Å². The van der Waals surface area contributed by atoms with Gasteiger partial charge in [0.15, 0.2) is 0 Å². The van der Waals surface area contributed by atoms with Gasteiger partial charge in [-0.1, -0.05) is 68.3 Å². The Morgan fingerprint density at radius 1 is 1.00 bits per heavy atom. The lowest BCUT2D eigenvalue weighted by atomic mass is 10.1. The molecular formula is C27H34N4O2. The number of hydrogen-bond acceptors (Lipinski definition) is 3. The van der Waals surface area contributed by atoms with Gasteiger partial charge in [0.25, 0.3) is 0 Å². The third-order valence-electron chi connectivity index (χ3n) is 5.56. The number of hydrogen-bond donors (Lipinski definition) is 1. The first-order chi connectivity index (χ1) is 15.9. The van der Waals surface area contributed by atoms with Gasteiger partial charge >= 0.3 is 0 Å². The number of amides is 2. The monoisotopic (exact) mass is 446 g/mol. The van der Waals surface area contributed by atoms with Gasteiger partial charge in [0.1, 0.15) is 5.82 Å². The summed E-state index contributed by atoms with van der Waals surface area (Å²) < 4.78 is 1.78. The molecule has 0 fully saturated rings. The Bertz CT molecular complexity index is 1090. The maximum absolute atomic E-state index is 13.0. The molecule has 1 heterocycles. The molecule has 0 atom stereocenters. The van der Waals surface area contributed by atoms with Crippen LogP contribution in [-0.2, 0) is 9.59 Å². The van der Waals surface area contributed by atoms with Gasteiger partial charge in [-0.25, -0.2) is 4.68 Å². The lowest BCUT2D eigenvalue weighted by Crippen LogP contribution is -2.38. The molecule has 3 aromatic rings. The number of aromatic nitrogens is 2. The summed E-state index contributed by atoms with van der Waals surface area (Å²) in [5.74, 6) is 0.388. The molecule has 0 aliphatic rings. The zero-order chi connectivity index (χ0) is 23.8. The second-order valence-electron chi connectivity index (χ2n) is 8.45. The van der Waals surface area contributed by atoms with Crippen molar-refractivity contribution in [3.8, 4) is 16.9 Å². The largest absolute Gasteiger partial charge is 0.333 e. The van der Waals surface area contributed by atoms with Crippen LogP contribution in [0.1, 0.15) is 50.7 Å². The number of nitrogens with one attached hydrogen (secondary N) is 1. The highest BCUT2D eigenvalue weighted by Gasteiger charge is 2.19. The molecule has 0 radical (unpaired) electrons. The topological polar surface area (TPSA) is 67.2 Å². The fourth-order valence-corrected chi connectivity index (χ4v) is 3.82.